The zero-order valence-corrected chi connectivity index (χ0v) is 15.0. The Hall–Kier alpha value is -1.06. The summed E-state index contributed by atoms with van der Waals surface area (Å²) in [5.74, 6) is 0.0698. The number of rotatable bonds is 6. The summed E-state index contributed by atoms with van der Waals surface area (Å²) in [5.41, 5.74) is -0.169. The molecule has 0 saturated carbocycles. The van der Waals surface area contributed by atoms with Crippen molar-refractivity contribution in [2.75, 3.05) is 59.0 Å². The summed E-state index contributed by atoms with van der Waals surface area (Å²) in [6.45, 7) is 8.06. The number of hydrogen-bond donors (Lipinski definition) is 2. The van der Waals surface area contributed by atoms with Crippen LogP contribution in [-0.4, -0.2) is 86.6 Å². The lowest BCUT2D eigenvalue weighted by Crippen LogP contribution is -2.56. The highest BCUT2D eigenvalue weighted by Gasteiger charge is 2.34. The Balaban J connectivity index is 1.64. The number of hydrogen-bond acceptors (Lipinski definition) is 4. The van der Waals surface area contributed by atoms with E-state index in [-0.39, 0.29) is 17.5 Å². The van der Waals surface area contributed by atoms with E-state index in [9.17, 15) is 18.0 Å². The summed E-state index contributed by atoms with van der Waals surface area (Å²) >= 11 is 0. The monoisotopic (exact) mass is 366 g/mol. The first kappa shape index (κ1) is 20.3. The molecule has 2 aliphatic heterocycles. The number of ether oxygens (including phenoxy) is 1. The van der Waals surface area contributed by atoms with Crippen LogP contribution in [0.2, 0.25) is 0 Å². The number of likely N-dealkylation sites (tertiary alicyclic amines) is 1. The Labute approximate surface area is 147 Å². The van der Waals surface area contributed by atoms with Gasteiger partial charge in [-0.25, -0.2) is 4.79 Å². The quantitative estimate of drug-likeness (QED) is 0.744. The summed E-state index contributed by atoms with van der Waals surface area (Å²) in [6, 6.07) is -0.268. The molecule has 2 N–H and O–H groups in total. The van der Waals surface area contributed by atoms with Crippen LogP contribution in [0.15, 0.2) is 0 Å². The van der Waals surface area contributed by atoms with E-state index in [2.05, 4.69) is 29.4 Å². The number of halogens is 3. The third-order valence-electron chi connectivity index (χ3n) is 4.87. The van der Waals surface area contributed by atoms with Gasteiger partial charge >= 0.3 is 12.2 Å². The third-order valence-corrected chi connectivity index (χ3v) is 4.87. The number of morpholine rings is 1. The molecule has 25 heavy (non-hydrogen) atoms. The summed E-state index contributed by atoms with van der Waals surface area (Å²) in [6.07, 6.45) is -3.49. The average molecular weight is 366 g/mol. The minimum absolute atomic E-state index is 0.0698. The lowest BCUT2D eigenvalue weighted by molar-refractivity contribution is -0.143. The molecule has 2 rings (SSSR count). The van der Waals surface area contributed by atoms with Gasteiger partial charge in [-0.1, -0.05) is 0 Å². The number of carbonyl (C=O) groups excluding carboxylic acids is 1. The smallest absolute Gasteiger partial charge is 0.379 e. The Bertz CT molecular complexity index is 440. The van der Waals surface area contributed by atoms with Crippen LogP contribution in [0, 0.1) is 5.92 Å². The Morgan fingerprint density at radius 3 is 2.48 bits per heavy atom. The van der Waals surface area contributed by atoms with Gasteiger partial charge < -0.3 is 15.4 Å². The second-order valence-electron chi connectivity index (χ2n) is 7.48. The van der Waals surface area contributed by atoms with Gasteiger partial charge in [-0.3, -0.25) is 9.80 Å². The number of amides is 2. The molecule has 0 aromatic heterocycles. The Kier molecular flexibility index (Phi) is 6.93. The molecule has 0 aromatic rings. The van der Waals surface area contributed by atoms with Gasteiger partial charge in [0, 0.05) is 38.3 Å². The maximum absolute atomic E-state index is 12.4. The molecule has 146 valence electrons. The van der Waals surface area contributed by atoms with Gasteiger partial charge in [0.25, 0.3) is 0 Å². The van der Waals surface area contributed by atoms with Gasteiger partial charge in [-0.2, -0.15) is 13.2 Å². The molecular formula is C16H29F3N4O2. The van der Waals surface area contributed by atoms with E-state index in [0.29, 0.717) is 45.8 Å². The van der Waals surface area contributed by atoms with Gasteiger partial charge in [0.2, 0.25) is 0 Å². The fourth-order valence-electron chi connectivity index (χ4n) is 3.35. The van der Waals surface area contributed by atoms with Crippen molar-refractivity contribution in [2.45, 2.75) is 32.0 Å². The zero-order chi connectivity index (χ0) is 18.5. The van der Waals surface area contributed by atoms with Crippen molar-refractivity contribution in [1.82, 2.24) is 20.4 Å². The first-order chi connectivity index (χ1) is 11.7. The van der Waals surface area contributed by atoms with Crippen LogP contribution in [0.5, 0.6) is 0 Å². The molecule has 2 saturated heterocycles. The molecule has 9 heteroatoms. The molecule has 1 unspecified atom stereocenters. The maximum atomic E-state index is 12.4. The van der Waals surface area contributed by atoms with Crippen LogP contribution >= 0.6 is 0 Å². The number of nitrogens with one attached hydrogen (secondary N) is 2. The largest absolute Gasteiger partial charge is 0.401 e. The van der Waals surface area contributed by atoms with E-state index in [0.717, 1.165) is 13.1 Å². The van der Waals surface area contributed by atoms with E-state index in [1.807, 2.05) is 0 Å². The van der Waals surface area contributed by atoms with Crippen molar-refractivity contribution in [2.24, 2.45) is 5.92 Å². The molecule has 6 nitrogen and oxygen atoms in total. The van der Waals surface area contributed by atoms with Crippen molar-refractivity contribution < 1.29 is 22.7 Å². The molecule has 0 radical (unpaired) electrons. The predicted octanol–water partition coefficient (Wildman–Crippen LogP) is 1.28. The van der Waals surface area contributed by atoms with Gasteiger partial charge in [0.05, 0.1) is 19.8 Å². The summed E-state index contributed by atoms with van der Waals surface area (Å²) in [5, 5.41) is 5.65. The molecular weight excluding hydrogens is 337 g/mol. The summed E-state index contributed by atoms with van der Waals surface area (Å²) in [7, 11) is 0. The minimum atomic E-state index is -4.16. The van der Waals surface area contributed by atoms with E-state index in [1.54, 1.807) is 0 Å². The van der Waals surface area contributed by atoms with E-state index >= 15 is 0 Å². The number of carbonyl (C=O) groups is 1. The standard InChI is InChI=1S/C16H29F3N4O2/c1-15(2,23-5-7-25-8-6-23)11-21-14(24)20-9-13-3-4-22(10-13)12-16(17,18)19/h13H,3-12H2,1-2H3,(H2,20,21,24). The number of nitrogens with zero attached hydrogens (tertiary/aromatic N) is 2. The average Bonchev–Trinajstić information content (AvgIpc) is 2.97. The normalized spacial score (nSPS) is 23.6. The molecule has 2 fully saturated rings. The fraction of sp³-hybridized carbons (Fsp3) is 0.938. The van der Waals surface area contributed by atoms with Crippen LogP contribution in [-0.2, 0) is 4.74 Å². The molecule has 1 atom stereocenters. The van der Waals surface area contributed by atoms with Gasteiger partial charge in [0.15, 0.2) is 0 Å². The highest BCUT2D eigenvalue weighted by Crippen LogP contribution is 2.22. The van der Waals surface area contributed by atoms with Crippen LogP contribution < -0.4 is 10.6 Å². The Morgan fingerprint density at radius 1 is 1.16 bits per heavy atom. The van der Waals surface area contributed by atoms with Gasteiger partial charge in [-0.05, 0) is 32.7 Å². The fourth-order valence-corrected chi connectivity index (χ4v) is 3.35. The van der Waals surface area contributed by atoms with Crippen LogP contribution in [0.4, 0.5) is 18.0 Å². The van der Waals surface area contributed by atoms with Crippen LogP contribution in [0.25, 0.3) is 0 Å². The second-order valence-corrected chi connectivity index (χ2v) is 7.48. The molecule has 0 aromatic carbocycles. The van der Waals surface area contributed by atoms with Gasteiger partial charge in [-0.15, -0.1) is 0 Å². The first-order valence-corrected chi connectivity index (χ1v) is 8.79. The van der Waals surface area contributed by atoms with E-state index in [4.69, 9.17) is 4.74 Å². The maximum Gasteiger partial charge on any atom is 0.401 e. The van der Waals surface area contributed by atoms with Crippen molar-refractivity contribution in [3.63, 3.8) is 0 Å². The van der Waals surface area contributed by atoms with Crippen molar-refractivity contribution in [3.8, 4) is 0 Å². The lowest BCUT2D eigenvalue weighted by Gasteiger charge is -2.40. The molecule has 0 spiro atoms. The van der Waals surface area contributed by atoms with Crippen molar-refractivity contribution in [3.05, 3.63) is 0 Å². The molecule has 0 bridgehead atoms. The molecule has 2 aliphatic rings. The number of urea groups is 1. The van der Waals surface area contributed by atoms with Crippen molar-refractivity contribution >= 4 is 6.03 Å². The SMILES string of the molecule is CC(C)(CNC(=O)NCC1CCN(CC(F)(F)F)C1)N1CCOCC1. The highest BCUT2D eigenvalue weighted by molar-refractivity contribution is 5.73. The molecule has 2 amide bonds. The molecule has 2 heterocycles. The van der Waals surface area contributed by atoms with E-state index in [1.165, 1.54) is 4.90 Å². The topological polar surface area (TPSA) is 56.8 Å². The second kappa shape index (κ2) is 8.55. The highest BCUT2D eigenvalue weighted by atomic mass is 19.4. The van der Waals surface area contributed by atoms with Gasteiger partial charge in [0.1, 0.15) is 0 Å². The summed E-state index contributed by atoms with van der Waals surface area (Å²) < 4.78 is 42.5. The Morgan fingerprint density at radius 2 is 1.84 bits per heavy atom. The summed E-state index contributed by atoms with van der Waals surface area (Å²) in [4.78, 5) is 15.7. The van der Waals surface area contributed by atoms with E-state index < -0.39 is 12.7 Å². The zero-order valence-electron chi connectivity index (χ0n) is 15.0. The first-order valence-electron chi connectivity index (χ1n) is 8.79. The third kappa shape index (κ3) is 6.99. The number of alkyl halides is 3. The van der Waals surface area contributed by atoms with Crippen molar-refractivity contribution in [1.29, 1.82) is 0 Å². The minimum Gasteiger partial charge on any atom is -0.379 e. The molecule has 0 aliphatic carbocycles. The van der Waals surface area contributed by atoms with Crippen LogP contribution in [0.1, 0.15) is 20.3 Å². The lowest BCUT2D eigenvalue weighted by atomic mass is 10.0. The predicted molar refractivity (Wildman–Crippen MR) is 88.5 cm³/mol. The van der Waals surface area contributed by atoms with Crippen LogP contribution in [0.3, 0.4) is 0 Å².